The SMILES string of the molecule is O=C(N(CC1CCNCC1)[C@@H]1C[C@@]12CCc1ccccc12)C(F)(F)F. The lowest BCUT2D eigenvalue weighted by atomic mass is 9.95. The smallest absolute Gasteiger partial charge is 0.331 e. The Labute approximate surface area is 145 Å². The topological polar surface area (TPSA) is 32.3 Å². The normalized spacial score (nSPS) is 28.8. The van der Waals surface area contributed by atoms with Crippen molar-refractivity contribution >= 4 is 5.91 Å². The third-order valence-corrected chi connectivity index (χ3v) is 6.22. The number of fused-ring (bicyclic) bond motifs is 2. The molecule has 4 rings (SSSR count). The molecule has 1 saturated carbocycles. The van der Waals surface area contributed by atoms with Gasteiger partial charge in [0.05, 0.1) is 0 Å². The molecule has 0 radical (unpaired) electrons. The fraction of sp³-hybridized carbons (Fsp3) is 0.632. The van der Waals surface area contributed by atoms with E-state index < -0.39 is 12.1 Å². The first-order valence-corrected chi connectivity index (χ1v) is 9.09. The van der Waals surface area contributed by atoms with Crippen LogP contribution in [0.25, 0.3) is 0 Å². The average molecular weight is 352 g/mol. The average Bonchev–Trinajstić information content (AvgIpc) is 3.21. The van der Waals surface area contributed by atoms with Gasteiger partial charge in [-0.15, -0.1) is 0 Å². The summed E-state index contributed by atoms with van der Waals surface area (Å²) in [4.78, 5) is 13.3. The van der Waals surface area contributed by atoms with Gasteiger partial charge in [-0.1, -0.05) is 24.3 Å². The minimum Gasteiger partial charge on any atom is -0.331 e. The van der Waals surface area contributed by atoms with E-state index in [0.717, 1.165) is 49.2 Å². The highest BCUT2D eigenvalue weighted by Gasteiger charge is 2.63. The van der Waals surface area contributed by atoms with Crippen molar-refractivity contribution in [3.05, 3.63) is 35.4 Å². The second-order valence-electron chi connectivity index (χ2n) is 7.68. The maximum absolute atomic E-state index is 13.2. The molecule has 1 aromatic rings. The van der Waals surface area contributed by atoms with Crippen molar-refractivity contribution in [3.8, 4) is 0 Å². The van der Waals surface area contributed by atoms with Crippen LogP contribution in [-0.4, -0.2) is 42.7 Å². The predicted octanol–water partition coefficient (Wildman–Crippen LogP) is 3.03. The molecule has 25 heavy (non-hydrogen) atoms. The van der Waals surface area contributed by atoms with Crippen molar-refractivity contribution in [1.29, 1.82) is 0 Å². The monoisotopic (exact) mass is 352 g/mol. The standard InChI is InChI=1S/C19H23F3N2O/c20-19(21,22)17(25)24(12-13-6-9-23-10-7-13)16-11-18(16)8-5-14-3-1-2-4-15(14)18/h1-4,13,16,23H,5-12H2/t16-,18-/m1/s1. The number of carbonyl (C=O) groups excluding carboxylic acids is 1. The summed E-state index contributed by atoms with van der Waals surface area (Å²) in [5.41, 5.74) is 2.14. The number of nitrogens with zero attached hydrogens (tertiary/aromatic N) is 1. The van der Waals surface area contributed by atoms with Gasteiger partial charge in [-0.3, -0.25) is 4.79 Å². The predicted molar refractivity (Wildman–Crippen MR) is 88.2 cm³/mol. The molecule has 3 nitrogen and oxygen atoms in total. The van der Waals surface area contributed by atoms with Crippen molar-refractivity contribution in [2.75, 3.05) is 19.6 Å². The largest absolute Gasteiger partial charge is 0.471 e. The zero-order valence-electron chi connectivity index (χ0n) is 14.1. The molecule has 0 aromatic heterocycles. The van der Waals surface area contributed by atoms with Gasteiger partial charge in [0.2, 0.25) is 0 Å². The number of hydrogen-bond acceptors (Lipinski definition) is 2. The molecular formula is C19H23F3N2O. The van der Waals surface area contributed by atoms with Crippen LogP contribution in [0, 0.1) is 5.92 Å². The summed E-state index contributed by atoms with van der Waals surface area (Å²) in [5, 5.41) is 3.23. The van der Waals surface area contributed by atoms with E-state index in [1.165, 1.54) is 5.56 Å². The Morgan fingerprint density at radius 2 is 1.96 bits per heavy atom. The van der Waals surface area contributed by atoms with Gasteiger partial charge >= 0.3 is 12.1 Å². The molecule has 2 fully saturated rings. The summed E-state index contributed by atoms with van der Waals surface area (Å²) in [6, 6.07) is 7.71. The highest BCUT2D eigenvalue weighted by molar-refractivity contribution is 5.83. The summed E-state index contributed by atoms with van der Waals surface area (Å²) in [6.45, 7) is 1.86. The molecule has 1 N–H and O–H groups in total. The van der Waals surface area contributed by atoms with Gasteiger partial charge in [0.15, 0.2) is 0 Å². The first-order valence-electron chi connectivity index (χ1n) is 9.09. The molecule has 2 atom stereocenters. The van der Waals surface area contributed by atoms with Crippen LogP contribution in [0.2, 0.25) is 0 Å². The number of benzene rings is 1. The van der Waals surface area contributed by atoms with Crippen molar-refractivity contribution in [2.45, 2.75) is 49.7 Å². The van der Waals surface area contributed by atoms with Crippen LogP contribution in [0.3, 0.4) is 0 Å². The minimum absolute atomic E-state index is 0.154. The van der Waals surface area contributed by atoms with Gasteiger partial charge in [-0.25, -0.2) is 0 Å². The molecule has 3 aliphatic rings. The molecule has 0 bridgehead atoms. The van der Waals surface area contributed by atoms with Crippen LogP contribution in [0.5, 0.6) is 0 Å². The Hall–Kier alpha value is -1.56. The van der Waals surface area contributed by atoms with E-state index in [2.05, 4.69) is 11.4 Å². The van der Waals surface area contributed by atoms with Gasteiger partial charge in [-0.2, -0.15) is 13.2 Å². The van der Waals surface area contributed by atoms with E-state index in [0.29, 0.717) is 6.42 Å². The van der Waals surface area contributed by atoms with Crippen LogP contribution in [0.1, 0.15) is 36.8 Å². The second kappa shape index (κ2) is 6.01. The molecule has 1 aliphatic heterocycles. The number of halogens is 3. The molecular weight excluding hydrogens is 329 g/mol. The third-order valence-electron chi connectivity index (χ3n) is 6.22. The molecule has 2 aliphatic carbocycles. The van der Waals surface area contributed by atoms with Gasteiger partial charge < -0.3 is 10.2 Å². The molecule has 6 heteroatoms. The molecule has 136 valence electrons. The van der Waals surface area contributed by atoms with E-state index in [-0.39, 0.29) is 23.9 Å². The Kier molecular flexibility index (Phi) is 4.06. The van der Waals surface area contributed by atoms with Crippen LogP contribution in [-0.2, 0) is 16.6 Å². The van der Waals surface area contributed by atoms with E-state index in [4.69, 9.17) is 0 Å². The maximum Gasteiger partial charge on any atom is 0.471 e. The van der Waals surface area contributed by atoms with Crippen LogP contribution >= 0.6 is 0 Å². The van der Waals surface area contributed by atoms with Crippen molar-refractivity contribution in [2.24, 2.45) is 5.92 Å². The fourth-order valence-electron chi connectivity index (χ4n) is 4.83. The molecule has 1 spiro atoms. The molecule has 1 saturated heterocycles. The molecule has 0 unspecified atom stereocenters. The lowest BCUT2D eigenvalue weighted by molar-refractivity contribution is -0.187. The zero-order valence-corrected chi connectivity index (χ0v) is 14.1. The highest BCUT2D eigenvalue weighted by atomic mass is 19.4. The number of piperidine rings is 1. The van der Waals surface area contributed by atoms with Crippen LogP contribution < -0.4 is 5.32 Å². The minimum atomic E-state index is -4.80. The van der Waals surface area contributed by atoms with Crippen molar-refractivity contribution < 1.29 is 18.0 Å². The number of alkyl halides is 3. The Bertz CT molecular complexity index is 669. The Morgan fingerprint density at radius 1 is 1.24 bits per heavy atom. The Morgan fingerprint density at radius 3 is 2.68 bits per heavy atom. The Balaban J connectivity index is 1.58. The number of amides is 1. The third kappa shape index (κ3) is 2.94. The quantitative estimate of drug-likeness (QED) is 0.907. The summed E-state index contributed by atoms with van der Waals surface area (Å²) in [7, 11) is 0. The highest BCUT2D eigenvalue weighted by Crippen LogP contribution is 2.59. The number of carbonyl (C=O) groups is 1. The summed E-state index contributed by atoms with van der Waals surface area (Å²) >= 11 is 0. The summed E-state index contributed by atoms with van der Waals surface area (Å²) < 4.78 is 39.6. The van der Waals surface area contributed by atoms with E-state index >= 15 is 0 Å². The van der Waals surface area contributed by atoms with Crippen molar-refractivity contribution in [3.63, 3.8) is 0 Å². The van der Waals surface area contributed by atoms with Crippen LogP contribution in [0.4, 0.5) is 13.2 Å². The second-order valence-corrected chi connectivity index (χ2v) is 7.68. The maximum atomic E-state index is 13.2. The van der Waals surface area contributed by atoms with Gasteiger partial charge in [0.25, 0.3) is 0 Å². The van der Waals surface area contributed by atoms with E-state index in [9.17, 15) is 18.0 Å². The van der Waals surface area contributed by atoms with Gasteiger partial charge in [-0.05, 0) is 62.2 Å². The zero-order chi connectivity index (χ0) is 17.7. The number of rotatable bonds is 3. The number of aryl methyl sites for hydroxylation is 1. The fourth-order valence-corrected chi connectivity index (χ4v) is 4.83. The van der Waals surface area contributed by atoms with Gasteiger partial charge in [0.1, 0.15) is 0 Å². The summed E-state index contributed by atoms with van der Waals surface area (Å²) in [6.07, 6.45) is -0.722. The summed E-state index contributed by atoms with van der Waals surface area (Å²) in [5.74, 6) is -1.50. The first kappa shape index (κ1) is 16.9. The molecule has 1 heterocycles. The van der Waals surface area contributed by atoms with Gasteiger partial charge in [0, 0.05) is 18.0 Å². The van der Waals surface area contributed by atoms with Crippen molar-refractivity contribution in [1.82, 2.24) is 10.2 Å². The molecule has 1 aromatic carbocycles. The molecule has 1 amide bonds. The van der Waals surface area contributed by atoms with E-state index in [1.807, 2.05) is 18.2 Å². The van der Waals surface area contributed by atoms with Crippen LogP contribution in [0.15, 0.2) is 24.3 Å². The van der Waals surface area contributed by atoms with E-state index in [1.54, 1.807) is 0 Å². The first-order chi connectivity index (χ1) is 11.9. The number of nitrogens with one attached hydrogen (secondary N) is 1. The lowest BCUT2D eigenvalue weighted by Crippen LogP contribution is -2.48. The number of hydrogen-bond donors (Lipinski definition) is 1. The lowest BCUT2D eigenvalue weighted by Gasteiger charge is -2.32.